The van der Waals surface area contributed by atoms with Gasteiger partial charge in [-0.2, -0.15) is 0 Å². The summed E-state index contributed by atoms with van der Waals surface area (Å²) in [4.78, 5) is 23.5. The van der Waals surface area contributed by atoms with Crippen LogP contribution < -0.4 is 10.1 Å². The molecule has 1 aliphatic rings. The van der Waals surface area contributed by atoms with E-state index in [9.17, 15) is 18.0 Å². The predicted octanol–water partition coefficient (Wildman–Crippen LogP) is 0.864. The van der Waals surface area contributed by atoms with Crippen LogP contribution in [-0.2, 0) is 30.6 Å². The fourth-order valence-electron chi connectivity index (χ4n) is 2.64. The molecule has 1 N–H and O–H groups in total. The summed E-state index contributed by atoms with van der Waals surface area (Å²) in [6.07, 6.45) is 0.989. The first kappa shape index (κ1) is 19.2. The van der Waals surface area contributed by atoms with Crippen molar-refractivity contribution < 1.29 is 27.5 Å². The van der Waals surface area contributed by atoms with Crippen LogP contribution in [0.15, 0.2) is 24.3 Å². The molecule has 8 heteroatoms. The van der Waals surface area contributed by atoms with Crippen LogP contribution in [0.5, 0.6) is 5.75 Å². The van der Waals surface area contributed by atoms with Crippen molar-refractivity contribution in [1.82, 2.24) is 5.32 Å². The van der Waals surface area contributed by atoms with E-state index < -0.39 is 34.4 Å². The van der Waals surface area contributed by atoms with Crippen LogP contribution >= 0.6 is 0 Å². The van der Waals surface area contributed by atoms with Gasteiger partial charge in [-0.05, 0) is 31.4 Å². The van der Waals surface area contributed by atoms with Crippen molar-refractivity contribution in [2.24, 2.45) is 0 Å². The number of rotatable bonds is 8. The van der Waals surface area contributed by atoms with E-state index in [-0.39, 0.29) is 17.9 Å². The Morgan fingerprint density at radius 1 is 1.28 bits per heavy atom. The van der Waals surface area contributed by atoms with Crippen LogP contribution in [0.2, 0.25) is 0 Å². The topological polar surface area (TPSA) is 98.8 Å². The second-order valence-corrected chi connectivity index (χ2v) is 8.10. The Bertz CT molecular complexity index is 716. The molecular weight excluding hydrogens is 346 g/mol. The molecule has 0 radical (unpaired) electrons. The van der Waals surface area contributed by atoms with Gasteiger partial charge in [0.05, 0.1) is 18.1 Å². The van der Waals surface area contributed by atoms with Crippen LogP contribution in [0, 0.1) is 0 Å². The highest BCUT2D eigenvalue weighted by Gasteiger charge is 2.29. The van der Waals surface area contributed by atoms with E-state index in [1.54, 1.807) is 0 Å². The molecular formula is C17H23NO6S. The van der Waals surface area contributed by atoms with Gasteiger partial charge in [-0.1, -0.05) is 18.2 Å². The lowest BCUT2D eigenvalue weighted by Gasteiger charge is -2.11. The minimum Gasteiger partial charge on any atom is -0.494 e. The molecule has 2 rings (SSSR count). The van der Waals surface area contributed by atoms with Gasteiger partial charge in [-0.15, -0.1) is 0 Å². The van der Waals surface area contributed by atoms with Crippen LogP contribution in [0.25, 0.3) is 0 Å². The molecule has 7 nitrogen and oxygen atoms in total. The van der Waals surface area contributed by atoms with Gasteiger partial charge >= 0.3 is 5.97 Å². The first-order valence-corrected chi connectivity index (χ1v) is 10.1. The Hall–Kier alpha value is -2.09. The van der Waals surface area contributed by atoms with Gasteiger partial charge in [-0.25, -0.2) is 8.42 Å². The van der Waals surface area contributed by atoms with E-state index in [1.165, 1.54) is 0 Å². The number of aryl methyl sites for hydroxylation is 1. The summed E-state index contributed by atoms with van der Waals surface area (Å²) in [5.41, 5.74) is 0.905. The molecule has 1 atom stereocenters. The molecule has 1 fully saturated rings. The highest BCUT2D eigenvalue weighted by atomic mass is 32.2. The second-order valence-electron chi connectivity index (χ2n) is 5.87. The number of para-hydroxylation sites is 1. The van der Waals surface area contributed by atoms with Gasteiger partial charge in [0.15, 0.2) is 16.4 Å². The normalized spacial score (nSPS) is 18.5. The number of amides is 1. The van der Waals surface area contributed by atoms with E-state index in [2.05, 4.69) is 5.32 Å². The summed E-state index contributed by atoms with van der Waals surface area (Å²) in [5.74, 6) is -0.207. The average Bonchev–Trinajstić information content (AvgIpc) is 2.91. The Labute approximate surface area is 147 Å². The van der Waals surface area contributed by atoms with Crippen molar-refractivity contribution in [3.05, 3.63) is 29.8 Å². The van der Waals surface area contributed by atoms with E-state index in [0.29, 0.717) is 19.4 Å². The molecule has 1 aromatic carbocycles. The number of ether oxygens (including phenoxy) is 2. The lowest BCUT2D eigenvalue weighted by atomic mass is 10.1. The van der Waals surface area contributed by atoms with Crippen molar-refractivity contribution in [1.29, 1.82) is 0 Å². The predicted molar refractivity (Wildman–Crippen MR) is 92.1 cm³/mol. The quantitative estimate of drug-likeness (QED) is 0.683. The molecule has 1 aromatic rings. The molecule has 0 unspecified atom stereocenters. The Balaban J connectivity index is 1.71. The van der Waals surface area contributed by atoms with Crippen LogP contribution in [0.3, 0.4) is 0 Å². The number of hydrogen-bond donors (Lipinski definition) is 1. The lowest BCUT2D eigenvalue weighted by molar-refractivity contribution is -0.148. The van der Waals surface area contributed by atoms with Crippen molar-refractivity contribution >= 4 is 21.7 Å². The van der Waals surface area contributed by atoms with Crippen LogP contribution in [0.1, 0.15) is 25.3 Å². The molecule has 0 aliphatic carbocycles. The van der Waals surface area contributed by atoms with Gasteiger partial charge in [0, 0.05) is 12.5 Å². The zero-order valence-corrected chi connectivity index (χ0v) is 15.0. The summed E-state index contributed by atoms with van der Waals surface area (Å²) in [6.45, 7) is 2.03. The maximum atomic E-state index is 11.8. The van der Waals surface area contributed by atoms with Crippen LogP contribution in [-0.4, -0.2) is 51.1 Å². The first-order valence-electron chi connectivity index (χ1n) is 8.25. The van der Waals surface area contributed by atoms with Crippen molar-refractivity contribution in [3.63, 3.8) is 0 Å². The number of carbonyl (C=O) groups is 2. The third kappa shape index (κ3) is 6.38. The molecule has 25 heavy (non-hydrogen) atoms. The smallest absolute Gasteiger partial charge is 0.306 e. The number of carbonyl (C=O) groups excluding carboxylic acids is 2. The first-order chi connectivity index (χ1) is 11.9. The minimum absolute atomic E-state index is 0.0547. The maximum absolute atomic E-state index is 11.8. The molecule has 138 valence electrons. The number of benzene rings is 1. The summed E-state index contributed by atoms with van der Waals surface area (Å²) < 4.78 is 33.1. The van der Waals surface area contributed by atoms with E-state index in [1.807, 2.05) is 31.2 Å². The zero-order chi connectivity index (χ0) is 18.3. The molecule has 0 saturated carbocycles. The summed E-state index contributed by atoms with van der Waals surface area (Å²) in [6, 6.07) is 7.06. The van der Waals surface area contributed by atoms with Gasteiger partial charge < -0.3 is 14.8 Å². The Kier molecular flexibility index (Phi) is 6.81. The number of nitrogens with one attached hydrogen (secondary N) is 1. The molecule has 0 spiro atoms. The van der Waals surface area contributed by atoms with E-state index >= 15 is 0 Å². The fourth-order valence-corrected chi connectivity index (χ4v) is 4.31. The van der Waals surface area contributed by atoms with Gasteiger partial charge in [0.25, 0.3) is 5.91 Å². The molecule has 0 aromatic heterocycles. The van der Waals surface area contributed by atoms with Crippen molar-refractivity contribution in [2.75, 3.05) is 24.7 Å². The number of hydrogen-bond acceptors (Lipinski definition) is 6. The largest absolute Gasteiger partial charge is 0.494 e. The fraction of sp³-hybridized carbons (Fsp3) is 0.529. The molecule has 1 heterocycles. The highest BCUT2D eigenvalue weighted by molar-refractivity contribution is 7.91. The molecule has 1 aliphatic heterocycles. The standard InChI is InChI=1S/C17H23NO6S/c1-2-23-15-6-4-3-5-13(15)7-8-17(20)24-11-16(19)18-14-9-10-25(21,22)12-14/h3-6,14H,2,7-12H2,1H3,(H,18,19)/t14-/m1/s1. The van der Waals surface area contributed by atoms with E-state index in [4.69, 9.17) is 9.47 Å². The third-order valence-electron chi connectivity index (χ3n) is 3.83. The SMILES string of the molecule is CCOc1ccccc1CCC(=O)OCC(=O)N[C@@H]1CCS(=O)(=O)C1. The molecule has 1 saturated heterocycles. The molecule has 1 amide bonds. The van der Waals surface area contributed by atoms with Gasteiger partial charge in [0.2, 0.25) is 0 Å². The molecule has 0 bridgehead atoms. The third-order valence-corrected chi connectivity index (χ3v) is 5.60. The second kappa shape index (κ2) is 8.84. The Morgan fingerprint density at radius 3 is 2.72 bits per heavy atom. The highest BCUT2D eigenvalue weighted by Crippen LogP contribution is 2.19. The monoisotopic (exact) mass is 369 g/mol. The van der Waals surface area contributed by atoms with Crippen LogP contribution in [0.4, 0.5) is 0 Å². The summed E-state index contributed by atoms with van der Waals surface area (Å²) in [7, 11) is -3.05. The average molecular weight is 369 g/mol. The number of sulfone groups is 1. The van der Waals surface area contributed by atoms with Gasteiger partial charge in [-0.3, -0.25) is 9.59 Å². The Morgan fingerprint density at radius 2 is 2.04 bits per heavy atom. The van der Waals surface area contributed by atoms with Gasteiger partial charge in [0.1, 0.15) is 5.75 Å². The van der Waals surface area contributed by atoms with Crippen molar-refractivity contribution in [2.45, 2.75) is 32.2 Å². The minimum atomic E-state index is -3.05. The summed E-state index contributed by atoms with van der Waals surface area (Å²) in [5, 5.41) is 2.57. The lowest BCUT2D eigenvalue weighted by Crippen LogP contribution is -2.38. The van der Waals surface area contributed by atoms with Crippen molar-refractivity contribution in [3.8, 4) is 5.75 Å². The number of esters is 1. The maximum Gasteiger partial charge on any atom is 0.306 e. The van der Waals surface area contributed by atoms with E-state index in [0.717, 1.165) is 11.3 Å². The zero-order valence-electron chi connectivity index (χ0n) is 14.2. The summed E-state index contributed by atoms with van der Waals surface area (Å²) >= 11 is 0.